The normalized spacial score (nSPS) is 16.5. The summed E-state index contributed by atoms with van der Waals surface area (Å²) in [4.78, 5) is 25.5. The second-order valence-corrected chi connectivity index (χ2v) is 5.81. The van der Waals surface area contributed by atoms with Crippen LogP contribution in [0.5, 0.6) is 0 Å². The lowest BCUT2D eigenvalue weighted by Gasteiger charge is -2.36. The maximum absolute atomic E-state index is 12.5. The lowest BCUT2D eigenvalue weighted by molar-refractivity contribution is 0.0746. The molecule has 1 aromatic carbocycles. The molecule has 2 aliphatic rings. The average Bonchev–Trinajstić information content (AvgIpc) is 3.11. The van der Waals surface area contributed by atoms with Crippen LogP contribution < -0.4 is 4.90 Å². The van der Waals surface area contributed by atoms with Gasteiger partial charge in [0.1, 0.15) is 12.1 Å². The van der Waals surface area contributed by atoms with Crippen molar-refractivity contribution in [3.8, 4) is 0 Å². The Morgan fingerprint density at radius 1 is 1.00 bits per heavy atom. The Morgan fingerprint density at radius 2 is 1.78 bits per heavy atom. The number of hydrogen-bond acceptors (Lipinski definition) is 4. The number of allylic oxidation sites excluding steroid dienone is 1. The molecule has 0 bridgehead atoms. The van der Waals surface area contributed by atoms with Gasteiger partial charge in [-0.05, 0) is 12.1 Å². The van der Waals surface area contributed by atoms with Crippen LogP contribution in [0.4, 0.5) is 5.82 Å². The Hall–Kier alpha value is -2.69. The molecule has 0 spiro atoms. The summed E-state index contributed by atoms with van der Waals surface area (Å²) in [5.41, 5.74) is 2.99. The summed E-state index contributed by atoms with van der Waals surface area (Å²) in [5, 5.41) is 0. The molecule has 5 nitrogen and oxygen atoms in total. The zero-order valence-electron chi connectivity index (χ0n) is 12.9. The number of amides is 1. The van der Waals surface area contributed by atoms with Gasteiger partial charge in [-0.1, -0.05) is 30.4 Å². The Balaban J connectivity index is 1.47. The number of anilines is 1. The second kappa shape index (κ2) is 5.83. The molecule has 1 fully saturated rings. The highest BCUT2D eigenvalue weighted by molar-refractivity contribution is 5.94. The molecule has 0 atom stereocenters. The maximum atomic E-state index is 12.5. The Kier molecular flexibility index (Phi) is 3.54. The highest BCUT2D eigenvalue weighted by Gasteiger charge is 2.25. The van der Waals surface area contributed by atoms with Crippen molar-refractivity contribution in [3.63, 3.8) is 0 Å². The van der Waals surface area contributed by atoms with Crippen LogP contribution in [0.25, 0.3) is 6.08 Å². The molecule has 1 aromatic heterocycles. The Labute approximate surface area is 135 Å². The van der Waals surface area contributed by atoms with Gasteiger partial charge in [-0.3, -0.25) is 4.79 Å². The van der Waals surface area contributed by atoms with Crippen LogP contribution >= 0.6 is 0 Å². The van der Waals surface area contributed by atoms with Crippen LogP contribution in [0.2, 0.25) is 0 Å². The minimum absolute atomic E-state index is 0.109. The molecule has 1 amide bonds. The Bertz CT molecular complexity index is 749. The van der Waals surface area contributed by atoms with E-state index in [-0.39, 0.29) is 5.91 Å². The van der Waals surface area contributed by atoms with Gasteiger partial charge < -0.3 is 9.80 Å². The van der Waals surface area contributed by atoms with E-state index in [9.17, 15) is 4.79 Å². The van der Waals surface area contributed by atoms with E-state index in [1.165, 1.54) is 0 Å². The molecule has 2 aromatic rings. The number of aromatic nitrogens is 2. The van der Waals surface area contributed by atoms with Crippen molar-refractivity contribution < 1.29 is 4.79 Å². The van der Waals surface area contributed by atoms with Crippen LogP contribution in [0.15, 0.2) is 42.7 Å². The van der Waals surface area contributed by atoms with Crippen LogP contribution in [-0.2, 0) is 6.42 Å². The fraction of sp³-hybridized carbons (Fsp3) is 0.278. The van der Waals surface area contributed by atoms with Crippen LogP contribution in [0, 0.1) is 0 Å². The third-order valence-corrected chi connectivity index (χ3v) is 4.43. The van der Waals surface area contributed by atoms with Crippen molar-refractivity contribution in [3.05, 3.63) is 59.6 Å². The minimum atomic E-state index is 0.109. The second-order valence-electron chi connectivity index (χ2n) is 5.81. The SMILES string of the molecule is O=C(c1ccccc1)N1CCN(c2ncnc3c2C=CC3)CC1. The van der Waals surface area contributed by atoms with Gasteiger partial charge >= 0.3 is 0 Å². The molecule has 5 heteroatoms. The average molecular weight is 306 g/mol. The van der Waals surface area contributed by atoms with Crippen molar-refractivity contribution >= 4 is 17.8 Å². The summed E-state index contributed by atoms with van der Waals surface area (Å²) in [5.74, 6) is 1.11. The van der Waals surface area contributed by atoms with Crippen LogP contribution in [0.3, 0.4) is 0 Å². The number of rotatable bonds is 2. The number of nitrogens with zero attached hydrogens (tertiary/aromatic N) is 4. The first kappa shape index (κ1) is 13.9. The largest absolute Gasteiger partial charge is 0.352 e. The van der Waals surface area contributed by atoms with Crippen molar-refractivity contribution in [1.29, 1.82) is 0 Å². The molecule has 1 aliphatic carbocycles. The van der Waals surface area contributed by atoms with Gasteiger partial charge in [0.2, 0.25) is 0 Å². The highest BCUT2D eigenvalue weighted by atomic mass is 16.2. The van der Waals surface area contributed by atoms with Crippen molar-refractivity contribution in [1.82, 2.24) is 14.9 Å². The van der Waals surface area contributed by atoms with Crippen molar-refractivity contribution in [2.45, 2.75) is 6.42 Å². The lowest BCUT2D eigenvalue weighted by atomic mass is 10.1. The summed E-state index contributed by atoms with van der Waals surface area (Å²) in [6.45, 7) is 3.04. The van der Waals surface area contributed by atoms with Crippen molar-refractivity contribution in [2.75, 3.05) is 31.1 Å². The zero-order chi connectivity index (χ0) is 15.6. The third kappa shape index (κ3) is 2.59. The topological polar surface area (TPSA) is 49.3 Å². The van der Waals surface area contributed by atoms with Crippen LogP contribution in [-0.4, -0.2) is 47.0 Å². The van der Waals surface area contributed by atoms with Gasteiger partial charge in [0.25, 0.3) is 5.91 Å². The van der Waals surface area contributed by atoms with E-state index in [0.717, 1.165) is 55.2 Å². The molecule has 116 valence electrons. The number of carbonyl (C=O) groups is 1. The molecule has 0 saturated carbocycles. The molecule has 4 rings (SSSR count). The van der Waals surface area contributed by atoms with E-state index in [1.54, 1.807) is 6.33 Å². The number of piperazine rings is 1. The summed E-state index contributed by atoms with van der Waals surface area (Å²) in [6.07, 6.45) is 6.75. The van der Waals surface area contributed by atoms with Gasteiger partial charge in [0.05, 0.1) is 5.69 Å². The number of benzene rings is 1. The highest BCUT2D eigenvalue weighted by Crippen LogP contribution is 2.27. The monoisotopic (exact) mass is 306 g/mol. The molecule has 23 heavy (non-hydrogen) atoms. The van der Waals surface area contributed by atoms with Crippen LogP contribution in [0.1, 0.15) is 21.6 Å². The number of hydrogen-bond donors (Lipinski definition) is 0. The molecular weight excluding hydrogens is 288 g/mol. The van der Waals surface area contributed by atoms with E-state index in [2.05, 4.69) is 27.0 Å². The summed E-state index contributed by atoms with van der Waals surface area (Å²) < 4.78 is 0. The molecule has 0 unspecified atom stereocenters. The standard InChI is InChI=1S/C18H18N4O/c23-18(14-5-2-1-3-6-14)22-11-9-21(10-12-22)17-15-7-4-8-16(15)19-13-20-17/h1-7,13H,8-12H2. The van der Waals surface area contributed by atoms with Gasteiger partial charge in [-0.15, -0.1) is 0 Å². The first-order chi connectivity index (χ1) is 11.3. The number of fused-ring (bicyclic) bond motifs is 1. The molecule has 0 radical (unpaired) electrons. The minimum Gasteiger partial charge on any atom is -0.352 e. The first-order valence-electron chi connectivity index (χ1n) is 7.92. The number of carbonyl (C=O) groups excluding carboxylic acids is 1. The van der Waals surface area contributed by atoms with E-state index < -0.39 is 0 Å². The van der Waals surface area contributed by atoms with Gasteiger partial charge in [-0.2, -0.15) is 0 Å². The summed E-state index contributed by atoms with van der Waals surface area (Å²) in [7, 11) is 0. The van der Waals surface area contributed by atoms with Gasteiger partial charge in [0, 0.05) is 43.7 Å². The van der Waals surface area contributed by atoms with E-state index >= 15 is 0 Å². The Morgan fingerprint density at radius 3 is 2.57 bits per heavy atom. The molecular formula is C18H18N4O. The smallest absolute Gasteiger partial charge is 0.253 e. The van der Waals surface area contributed by atoms with E-state index in [1.807, 2.05) is 35.2 Å². The predicted molar refractivity (Wildman–Crippen MR) is 89.3 cm³/mol. The molecule has 2 heterocycles. The molecule has 1 saturated heterocycles. The fourth-order valence-electron chi connectivity index (χ4n) is 3.18. The van der Waals surface area contributed by atoms with Gasteiger partial charge in [0.15, 0.2) is 0 Å². The maximum Gasteiger partial charge on any atom is 0.253 e. The van der Waals surface area contributed by atoms with Crippen molar-refractivity contribution in [2.24, 2.45) is 0 Å². The van der Waals surface area contributed by atoms with E-state index in [4.69, 9.17) is 0 Å². The lowest BCUT2D eigenvalue weighted by Crippen LogP contribution is -2.49. The zero-order valence-corrected chi connectivity index (χ0v) is 12.9. The predicted octanol–water partition coefficient (Wildman–Crippen LogP) is 2.01. The first-order valence-corrected chi connectivity index (χ1v) is 7.92. The fourth-order valence-corrected chi connectivity index (χ4v) is 3.18. The summed E-state index contributed by atoms with van der Waals surface area (Å²) in [6, 6.07) is 9.48. The quantitative estimate of drug-likeness (QED) is 0.851. The van der Waals surface area contributed by atoms with E-state index in [0.29, 0.717) is 0 Å². The summed E-state index contributed by atoms with van der Waals surface area (Å²) >= 11 is 0. The molecule has 1 aliphatic heterocycles. The molecule has 0 N–H and O–H groups in total. The van der Waals surface area contributed by atoms with Gasteiger partial charge in [-0.25, -0.2) is 9.97 Å². The third-order valence-electron chi connectivity index (χ3n) is 4.43.